The first-order valence-corrected chi connectivity index (χ1v) is 9.56. The summed E-state index contributed by atoms with van der Waals surface area (Å²) in [7, 11) is 0. The molecule has 0 bridgehead atoms. The second kappa shape index (κ2) is 8.10. The van der Waals surface area contributed by atoms with Gasteiger partial charge < -0.3 is 20.5 Å². The van der Waals surface area contributed by atoms with Crippen LogP contribution in [0.25, 0.3) is 10.5 Å². The number of carbonyl (C=O) groups is 1. The number of esters is 1. The minimum atomic E-state index is -0.726. The Bertz CT molecular complexity index is 1190. The molecule has 1 aromatic carbocycles. The van der Waals surface area contributed by atoms with Crippen LogP contribution >= 0.6 is 0 Å². The van der Waals surface area contributed by atoms with Crippen LogP contribution in [0.1, 0.15) is 43.6 Å². The average Bonchev–Trinajstić information content (AvgIpc) is 3.02. The van der Waals surface area contributed by atoms with Crippen molar-refractivity contribution in [1.82, 2.24) is 14.6 Å². The maximum Gasteiger partial charge on any atom is 0.346 e. The lowest BCUT2D eigenvalue weighted by molar-refractivity contribution is 0.00728. The van der Waals surface area contributed by atoms with E-state index < -0.39 is 17.4 Å². The molecule has 3 N–H and O–H groups in total. The number of ether oxygens (including phenoxy) is 1. The maximum absolute atomic E-state index is 14.0. The molecule has 0 radical (unpaired) electrons. The summed E-state index contributed by atoms with van der Waals surface area (Å²) in [4.78, 5) is 22.1. The molecule has 10 heteroatoms. The molecule has 0 aliphatic heterocycles. The number of phenolic OH excluding ortho intramolecular Hbond substituents is 1. The van der Waals surface area contributed by atoms with Gasteiger partial charge in [0, 0.05) is 24.8 Å². The molecular formula is C21H23FN6O3. The van der Waals surface area contributed by atoms with Crippen LogP contribution in [0, 0.1) is 12.4 Å². The molecule has 3 rings (SSSR count). The number of aromatic nitrogens is 3. The van der Waals surface area contributed by atoms with Gasteiger partial charge in [-0.1, -0.05) is 0 Å². The molecular weight excluding hydrogens is 403 g/mol. The molecule has 2 heterocycles. The van der Waals surface area contributed by atoms with E-state index in [0.717, 1.165) is 6.07 Å². The van der Waals surface area contributed by atoms with Crippen molar-refractivity contribution in [3.8, 4) is 5.75 Å². The first-order chi connectivity index (χ1) is 14.6. The Hall–Kier alpha value is -3.87. The zero-order valence-electron chi connectivity index (χ0n) is 17.7. The zero-order valence-corrected chi connectivity index (χ0v) is 17.7. The highest BCUT2D eigenvalue weighted by molar-refractivity contribution is 6.01. The van der Waals surface area contributed by atoms with Gasteiger partial charge in [0.2, 0.25) is 5.69 Å². The van der Waals surface area contributed by atoms with Gasteiger partial charge in [-0.3, -0.25) is 0 Å². The van der Waals surface area contributed by atoms with Crippen LogP contribution in [0.3, 0.4) is 0 Å². The van der Waals surface area contributed by atoms with Crippen LogP contribution in [0.15, 0.2) is 24.4 Å². The summed E-state index contributed by atoms with van der Waals surface area (Å²) in [6, 6.07) is 3.91. The molecule has 0 fully saturated rings. The van der Waals surface area contributed by atoms with E-state index in [2.05, 4.69) is 14.9 Å². The van der Waals surface area contributed by atoms with Gasteiger partial charge in [0.05, 0.1) is 6.57 Å². The standard InChI is InChI=1S/C21H23FN6O3/c1-6-27(11-12-14(29)8-7-13(22)17(12)24-5)15-9-10-28-19(25-15)16(18(23)26-28)20(30)31-21(2,3)4/h7-10,29H,6,11H2,1-4H3,(H2,23,26). The number of hydrogen-bond donors (Lipinski definition) is 2. The fourth-order valence-corrected chi connectivity index (χ4v) is 3.06. The van der Waals surface area contributed by atoms with Gasteiger partial charge >= 0.3 is 5.97 Å². The highest BCUT2D eigenvalue weighted by Gasteiger charge is 2.26. The van der Waals surface area contributed by atoms with Crippen molar-refractivity contribution < 1.29 is 19.0 Å². The number of aromatic hydroxyl groups is 1. The second-order valence-electron chi connectivity index (χ2n) is 7.84. The smallest absolute Gasteiger partial charge is 0.346 e. The van der Waals surface area contributed by atoms with Gasteiger partial charge in [0.1, 0.15) is 28.5 Å². The summed E-state index contributed by atoms with van der Waals surface area (Å²) in [6.45, 7) is 14.8. The summed E-state index contributed by atoms with van der Waals surface area (Å²) < 4.78 is 20.8. The minimum absolute atomic E-state index is 0.0139. The first kappa shape index (κ1) is 21.8. The largest absolute Gasteiger partial charge is 0.509 e. The third-order valence-electron chi connectivity index (χ3n) is 4.48. The van der Waals surface area contributed by atoms with Crippen LogP contribution in [0.5, 0.6) is 5.75 Å². The van der Waals surface area contributed by atoms with Crippen molar-refractivity contribution in [2.75, 3.05) is 17.2 Å². The Morgan fingerprint density at radius 1 is 1.39 bits per heavy atom. The predicted octanol–water partition coefficient (Wildman–Crippen LogP) is 3.69. The monoisotopic (exact) mass is 426 g/mol. The lowest BCUT2D eigenvalue weighted by Crippen LogP contribution is -2.25. The molecule has 3 aromatic rings. The Morgan fingerprint density at radius 3 is 2.71 bits per heavy atom. The van der Waals surface area contributed by atoms with E-state index in [0.29, 0.717) is 12.4 Å². The van der Waals surface area contributed by atoms with E-state index in [-0.39, 0.29) is 40.6 Å². The molecule has 0 unspecified atom stereocenters. The van der Waals surface area contributed by atoms with Gasteiger partial charge in [-0.15, -0.1) is 5.10 Å². The Labute approximate surface area is 178 Å². The SMILES string of the molecule is [C-]#[N+]c1c(F)ccc(O)c1CN(CC)c1ccn2nc(N)c(C(=O)OC(C)(C)C)c2n1. The highest BCUT2D eigenvalue weighted by Crippen LogP contribution is 2.33. The van der Waals surface area contributed by atoms with Crippen LogP contribution in [-0.4, -0.2) is 37.8 Å². The minimum Gasteiger partial charge on any atom is -0.509 e. The average molecular weight is 426 g/mol. The number of carbonyl (C=O) groups excluding carboxylic acids is 1. The first-order valence-electron chi connectivity index (χ1n) is 9.56. The number of rotatable bonds is 5. The Kier molecular flexibility index (Phi) is 5.71. The summed E-state index contributed by atoms with van der Waals surface area (Å²) in [6.07, 6.45) is 1.59. The molecule has 0 saturated carbocycles. The molecule has 9 nitrogen and oxygen atoms in total. The topological polar surface area (TPSA) is 110 Å². The molecule has 0 aliphatic carbocycles. The fourth-order valence-electron chi connectivity index (χ4n) is 3.06. The van der Waals surface area contributed by atoms with Crippen molar-refractivity contribution in [2.24, 2.45) is 0 Å². The summed E-state index contributed by atoms with van der Waals surface area (Å²) >= 11 is 0. The Morgan fingerprint density at radius 2 is 2.10 bits per heavy atom. The highest BCUT2D eigenvalue weighted by atomic mass is 19.1. The summed E-state index contributed by atoms with van der Waals surface area (Å²) in [5.41, 5.74) is 5.36. The lowest BCUT2D eigenvalue weighted by atomic mass is 10.1. The van der Waals surface area contributed by atoms with Crippen LogP contribution in [0.4, 0.5) is 21.7 Å². The van der Waals surface area contributed by atoms with Crippen molar-refractivity contribution in [3.05, 3.63) is 52.8 Å². The van der Waals surface area contributed by atoms with E-state index in [1.807, 2.05) is 6.92 Å². The normalized spacial score (nSPS) is 11.4. The molecule has 0 saturated heterocycles. The van der Waals surface area contributed by atoms with Crippen molar-refractivity contribution in [3.63, 3.8) is 0 Å². The number of nitrogens with two attached hydrogens (primary N) is 1. The van der Waals surface area contributed by atoms with Crippen LogP contribution < -0.4 is 10.6 Å². The summed E-state index contributed by atoms with van der Waals surface area (Å²) in [5.74, 6) is -1.13. The van der Waals surface area contributed by atoms with Gasteiger partial charge in [-0.05, 0) is 45.9 Å². The van der Waals surface area contributed by atoms with Crippen molar-refractivity contribution in [1.29, 1.82) is 0 Å². The third-order valence-corrected chi connectivity index (χ3v) is 4.48. The molecule has 0 spiro atoms. The van der Waals surface area contributed by atoms with Crippen molar-refractivity contribution in [2.45, 2.75) is 39.8 Å². The van der Waals surface area contributed by atoms with Gasteiger partial charge in [-0.25, -0.2) is 23.5 Å². The number of halogens is 1. The number of nitrogen functional groups attached to an aromatic ring is 1. The number of anilines is 2. The van der Waals surface area contributed by atoms with E-state index in [9.17, 15) is 14.3 Å². The molecule has 0 amide bonds. The van der Waals surface area contributed by atoms with E-state index in [1.165, 1.54) is 10.6 Å². The van der Waals surface area contributed by atoms with Crippen LogP contribution in [-0.2, 0) is 11.3 Å². The third kappa shape index (κ3) is 4.35. The number of benzene rings is 1. The number of fused-ring (bicyclic) bond motifs is 1. The van der Waals surface area contributed by atoms with E-state index in [4.69, 9.17) is 17.0 Å². The van der Waals surface area contributed by atoms with Gasteiger partial charge in [-0.2, -0.15) is 0 Å². The van der Waals surface area contributed by atoms with E-state index >= 15 is 0 Å². The zero-order chi connectivity index (χ0) is 22.9. The second-order valence-corrected chi connectivity index (χ2v) is 7.84. The number of phenols is 1. The molecule has 0 atom stereocenters. The molecule has 31 heavy (non-hydrogen) atoms. The lowest BCUT2D eigenvalue weighted by Gasteiger charge is -2.23. The quantitative estimate of drug-likeness (QED) is 0.473. The van der Waals surface area contributed by atoms with Crippen LogP contribution in [0.2, 0.25) is 0 Å². The summed E-state index contributed by atoms with van der Waals surface area (Å²) in [5, 5.41) is 14.3. The fraction of sp³-hybridized carbons (Fsp3) is 0.333. The predicted molar refractivity (Wildman–Crippen MR) is 114 cm³/mol. The van der Waals surface area contributed by atoms with Gasteiger partial charge in [0.25, 0.3) is 0 Å². The van der Waals surface area contributed by atoms with Crippen molar-refractivity contribution >= 4 is 28.9 Å². The number of nitrogens with zero attached hydrogens (tertiary/aromatic N) is 5. The molecule has 0 aliphatic rings. The molecule has 2 aromatic heterocycles. The van der Waals surface area contributed by atoms with E-state index in [1.54, 1.807) is 37.9 Å². The maximum atomic E-state index is 14.0. The van der Waals surface area contributed by atoms with Gasteiger partial charge in [0.15, 0.2) is 11.5 Å². The molecule has 162 valence electrons. The Balaban J connectivity index is 2.05. The number of hydrogen-bond acceptors (Lipinski definition) is 7.